The Labute approximate surface area is 196 Å². The monoisotopic (exact) mass is 468 g/mol. The number of nitrogens with zero attached hydrogens (tertiary/aromatic N) is 3. The van der Waals surface area contributed by atoms with Crippen LogP contribution in [0, 0.1) is 5.82 Å². The van der Waals surface area contributed by atoms with Gasteiger partial charge in [0, 0.05) is 60.3 Å². The van der Waals surface area contributed by atoms with E-state index in [9.17, 15) is 4.39 Å². The molecule has 0 saturated carbocycles. The second kappa shape index (κ2) is 10.1. The van der Waals surface area contributed by atoms with Crippen LogP contribution < -0.4 is 15.5 Å². The third-order valence-electron chi connectivity index (χ3n) is 5.79. The smallest absolute Gasteiger partial charge is 0.163 e. The first-order valence-electron chi connectivity index (χ1n) is 11.5. The van der Waals surface area contributed by atoms with Crippen molar-refractivity contribution in [3.8, 4) is 11.4 Å². The fraction of sp³-hybridized carbons (Fsp3) is 0.417. The molecule has 1 aliphatic rings. The highest BCUT2D eigenvalue weighted by molar-refractivity contribution is 7.19. The number of benzene rings is 1. The van der Waals surface area contributed by atoms with E-state index in [0.29, 0.717) is 24.6 Å². The van der Waals surface area contributed by atoms with E-state index in [0.717, 1.165) is 72.6 Å². The van der Waals surface area contributed by atoms with Crippen LogP contribution in [0.3, 0.4) is 0 Å². The summed E-state index contributed by atoms with van der Waals surface area (Å²) in [5.41, 5.74) is 2.35. The molecule has 0 bridgehead atoms. The Morgan fingerprint density at radius 3 is 2.82 bits per heavy atom. The van der Waals surface area contributed by atoms with E-state index in [4.69, 9.17) is 14.7 Å². The van der Waals surface area contributed by atoms with Crippen molar-refractivity contribution in [3.63, 3.8) is 0 Å². The van der Waals surface area contributed by atoms with Gasteiger partial charge in [-0.15, -0.1) is 11.3 Å². The standard InChI is InChI=1S/C24H29FN6OS/c1-2-4-26-6-7-27-15-17-14-21-22(33-17)24(31-8-10-32-11-9-31)30-23(29-21)19-12-16(25)13-20-18(19)3-5-28-20/h3,5,12-14,26-28H,2,4,6-11,15H2,1H3. The number of morpholine rings is 1. The topological polar surface area (TPSA) is 78.1 Å². The van der Waals surface area contributed by atoms with Crippen LogP contribution in [0.2, 0.25) is 0 Å². The van der Waals surface area contributed by atoms with Gasteiger partial charge in [-0.3, -0.25) is 0 Å². The van der Waals surface area contributed by atoms with Crippen LogP contribution >= 0.6 is 11.3 Å². The maximum absolute atomic E-state index is 14.4. The van der Waals surface area contributed by atoms with Gasteiger partial charge in [0.25, 0.3) is 0 Å². The fourth-order valence-electron chi connectivity index (χ4n) is 4.17. The summed E-state index contributed by atoms with van der Waals surface area (Å²) < 4.78 is 21.0. The van der Waals surface area contributed by atoms with Gasteiger partial charge in [0.05, 0.1) is 23.4 Å². The first-order valence-corrected chi connectivity index (χ1v) is 12.4. The van der Waals surface area contributed by atoms with E-state index in [1.54, 1.807) is 11.3 Å². The number of aromatic amines is 1. The predicted octanol–water partition coefficient (Wildman–Crippen LogP) is 3.90. The van der Waals surface area contributed by atoms with Crippen LogP contribution in [-0.4, -0.2) is 60.9 Å². The number of anilines is 1. The van der Waals surface area contributed by atoms with Gasteiger partial charge in [0.15, 0.2) is 11.6 Å². The lowest BCUT2D eigenvalue weighted by molar-refractivity contribution is 0.122. The molecule has 1 aromatic carbocycles. The summed E-state index contributed by atoms with van der Waals surface area (Å²) in [4.78, 5) is 16.4. The number of nitrogens with one attached hydrogen (secondary N) is 3. The van der Waals surface area contributed by atoms with Crippen LogP contribution in [0.5, 0.6) is 0 Å². The Balaban J connectivity index is 1.50. The first-order chi connectivity index (χ1) is 16.2. The SMILES string of the molecule is CCCNCCNCc1cc2nc(-c3cc(F)cc4[nH]ccc34)nc(N3CCOCC3)c2s1. The number of hydrogen-bond donors (Lipinski definition) is 3. The average Bonchev–Trinajstić information content (AvgIpc) is 3.47. The second-order valence-corrected chi connectivity index (χ2v) is 9.35. The number of halogens is 1. The molecule has 3 N–H and O–H groups in total. The summed E-state index contributed by atoms with van der Waals surface area (Å²) in [6, 6.07) is 7.11. The zero-order chi connectivity index (χ0) is 22.6. The molecule has 5 rings (SSSR count). The molecule has 0 aliphatic carbocycles. The fourth-order valence-corrected chi connectivity index (χ4v) is 5.25. The normalized spacial score (nSPS) is 14.5. The maximum Gasteiger partial charge on any atom is 0.163 e. The molecule has 7 nitrogen and oxygen atoms in total. The Kier molecular flexibility index (Phi) is 6.82. The zero-order valence-corrected chi connectivity index (χ0v) is 19.6. The van der Waals surface area contributed by atoms with Gasteiger partial charge in [0.1, 0.15) is 5.82 Å². The van der Waals surface area contributed by atoms with Crippen molar-refractivity contribution in [2.75, 3.05) is 50.8 Å². The molecule has 174 valence electrons. The van der Waals surface area contributed by atoms with Gasteiger partial charge in [-0.05, 0) is 37.2 Å². The van der Waals surface area contributed by atoms with E-state index >= 15 is 0 Å². The third kappa shape index (κ3) is 4.86. The van der Waals surface area contributed by atoms with Crippen molar-refractivity contribution in [1.29, 1.82) is 0 Å². The first kappa shape index (κ1) is 22.2. The van der Waals surface area contributed by atoms with Crippen LogP contribution in [0.1, 0.15) is 18.2 Å². The summed E-state index contributed by atoms with van der Waals surface area (Å²) in [5, 5.41) is 7.83. The molecule has 1 saturated heterocycles. The Hall–Kier alpha value is -2.59. The summed E-state index contributed by atoms with van der Waals surface area (Å²) in [5.74, 6) is 1.16. The number of H-pyrrole nitrogens is 1. The van der Waals surface area contributed by atoms with Crippen LogP contribution in [0.25, 0.3) is 32.5 Å². The lowest BCUT2D eigenvalue weighted by Gasteiger charge is -2.28. The molecule has 0 spiro atoms. The van der Waals surface area contributed by atoms with Crippen LogP contribution in [-0.2, 0) is 11.3 Å². The lowest BCUT2D eigenvalue weighted by Crippen LogP contribution is -2.36. The average molecular weight is 469 g/mol. The predicted molar refractivity (Wildman–Crippen MR) is 133 cm³/mol. The molecule has 33 heavy (non-hydrogen) atoms. The molecule has 3 aromatic heterocycles. The summed E-state index contributed by atoms with van der Waals surface area (Å²) >= 11 is 1.73. The highest BCUT2D eigenvalue weighted by Crippen LogP contribution is 2.36. The molecular formula is C24H29FN6OS. The number of fused-ring (bicyclic) bond motifs is 2. The number of hydrogen-bond acceptors (Lipinski definition) is 7. The molecule has 1 fully saturated rings. The molecule has 1 aliphatic heterocycles. The largest absolute Gasteiger partial charge is 0.378 e. The van der Waals surface area contributed by atoms with Crippen LogP contribution in [0.4, 0.5) is 10.2 Å². The van der Waals surface area contributed by atoms with Crippen LogP contribution in [0.15, 0.2) is 30.5 Å². The molecular weight excluding hydrogens is 439 g/mol. The lowest BCUT2D eigenvalue weighted by atomic mass is 10.1. The number of thiophene rings is 1. The van der Waals surface area contributed by atoms with Gasteiger partial charge in [-0.1, -0.05) is 6.92 Å². The van der Waals surface area contributed by atoms with Gasteiger partial charge in [0.2, 0.25) is 0 Å². The Morgan fingerprint density at radius 2 is 1.97 bits per heavy atom. The van der Waals surface area contributed by atoms with Gasteiger partial charge >= 0.3 is 0 Å². The molecule has 0 radical (unpaired) electrons. The summed E-state index contributed by atoms with van der Waals surface area (Å²) in [6.07, 6.45) is 2.96. The minimum atomic E-state index is -0.302. The van der Waals surface area contributed by atoms with Crippen molar-refractivity contribution in [2.45, 2.75) is 19.9 Å². The number of rotatable bonds is 9. The van der Waals surface area contributed by atoms with E-state index in [1.807, 2.05) is 12.3 Å². The zero-order valence-electron chi connectivity index (χ0n) is 18.8. The van der Waals surface area contributed by atoms with Gasteiger partial charge < -0.3 is 25.3 Å². The maximum atomic E-state index is 14.4. The van der Waals surface area contributed by atoms with Gasteiger partial charge in [-0.25, -0.2) is 14.4 Å². The molecule has 4 aromatic rings. The molecule has 9 heteroatoms. The molecule has 0 atom stereocenters. The molecule has 0 unspecified atom stereocenters. The van der Waals surface area contributed by atoms with E-state index in [1.165, 1.54) is 17.0 Å². The number of ether oxygens (including phenoxy) is 1. The van der Waals surface area contributed by atoms with Crippen molar-refractivity contribution in [2.24, 2.45) is 0 Å². The second-order valence-electron chi connectivity index (χ2n) is 8.22. The number of aromatic nitrogens is 3. The van der Waals surface area contributed by atoms with Gasteiger partial charge in [-0.2, -0.15) is 0 Å². The minimum absolute atomic E-state index is 0.302. The highest BCUT2D eigenvalue weighted by Gasteiger charge is 2.21. The van der Waals surface area contributed by atoms with E-state index in [-0.39, 0.29) is 5.82 Å². The summed E-state index contributed by atoms with van der Waals surface area (Å²) in [7, 11) is 0. The molecule has 0 amide bonds. The van der Waals surface area contributed by atoms with Crippen molar-refractivity contribution in [3.05, 3.63) is 41.2 Å². The summed E-state index contributed by atoms with van der Waals surface area (Å²) in [6.45, 7) is 8.77. The van der Waals surface area contributed by atoms with Crippen molar-refractivity contribution in [1.82, 2.24) is 25.6 Å². The van der Waals surface area contributed by atoms with Crippen molar-refractivity contribution >= 4 is 38.3 Å². The molecule has 4 heterocycles. The Bertz CT molecular complexity index is 1230. The van der Waals surface area contributed by atoms with E-state index < -0.39 is 0 Å². The minimum Gasteiger partial charge on any atom is -0.378 e. The third-order valence-corrected chi connectivity index (χ3v) is 6.91. The Morgan fingerprint density at radius 1 is 1.12 bits per heavy atom. The quantitative estimate of drug-likeness (QED) is 0.324. The van der Waals surface area contributed by atoms with Crippen molar-refractivity contribution < 1.29 is 9.13 Å². The van der Waals surface area contributed by atoms with E-state index in [2.05, 4.69) is 33.5 Å². The highest BCUT2D eigenvalue weighted by atomic mass is 32.1.